The summed E-state index contributed by atoms with van der Waals surface area (Å²) in [6, 6.07) is 3.45. The van der Waals surface area contributed by atoms with Crippen LogP contribution in [0.4, 0.5) is 0 Å². The number of nitrogens with zero attached hydrogens (tertiary/aromatic N) is 1. The molecule has 1 fully saturated rings. The predicted molar refractivity (Wildman–Crippen MR) is 142 cm³/mol. The third-order valence-electron chi connectivity index (χ3n) is 8.74. The molecule has 0 aromatic heterocycles. The van der Waals surface area contributed by atoms with Crippen LogP contribution >= 0.6 is 0 Å². The van der Waals surface area contributed by atoms with Crippen molar-refractivity contribution < 1.29 is 62.6 Å². The van der Waals surface area contributed by atoms with E-state index in [0.29, 0.717) is 30.9 Å². The van der Waals surface area contributed by atoms with Gasteiger partial charge in [-0.3, -0.25) is 9.59 Å². The zero-order valence-electron chi connectivity index (χ0n) is 24.3. The van der Waals surface area contributed by atoms with E-state index >= 15 is 0 Å². The second-order valence-electron chi connectivity index (χ2n) is 11.2. The summed E-state index contributed by atoms with van der Waals surface area (Å²) in [7, 11) is 3.44. The number of likely N-dealkylation sites (N-methyl/N-ethyl adjacent to an activating group) is 1. The molecule has 2 aliphatic carbocycles. The minimum Gasteiger partial charge on any atom is -0.493 e. The van der Waals surface area contributed by atoms with Crippen molar-refractivity contribution in [1.29, 1.82) is 0 Å². The zero-order valence-corrected chi connectivity index (χ0v) is 24.3. The first-order chi connectivity index (χ1) is 20.2. The Morgan fingerprint density at radius 2 is 1.70 bits per heavy atom. The standard InChI is InChI=1S/C29H33NO13/c1-13(25(33)34)39-26(35)22(40-14(2)31)23(41-15(3)32)27(36)42-18-8-9-29(37)19-12-16-6-7-17(38-5)21-20(16)28(29,24(18)43-21)10-11-30(19)4/h6-8,13,19,22-24,37H,9-12H2,1-5H3,(H,33,34)/t13-,19+,22-,23-,24?,28?,29+/m0/s1. The number of aliphatic carboxylic acids is 1. The Morgan fingerprint density at radius 1 is 1.05 bits per heavy atom. The molecule has 5 rings (SSSR count). The first-order valence-electron chi connectivity index (χ1n) is 13.7. The monoisotopic (exact) mass is 603 g/mol. The number of likely N-dealkylation sites (tertiary alicyclic amines) is 1. The van der Waals surface area contributed by atoms with Crippen molar-refractivity contribution >= 4 is 29.8 Å². The molecule has 1 spiro atoms. The summed E-state index contributed by atoms with van der Waals surface area (Å²) in [5.41, 5.74) is -0.563. The number of piperidine rings is 1. The Labute approximate surface area is 246 Å². The fourth-order valence-corrected chi connectivity index (χ4v) is 6.88. The fourth-order valence-electron chi connectivity index (χ4n) is 6.88. The van der Waals surface area contributed by atoms with E-state index in [1.54, 1.807) is 6.07 Å². The van der Waals surface area contributed by atoms with E-state index in [1.165, 1.54) is 13.2 Å². The molecule has 4 aliphatic rings. The Morgan fingerprint density at radius 3 is 2.30 bits per heavy atom. The lowest BCUT2D eigenvalue weighted by atomic mass is 9.50. The van der Waals surface area contributed by atoms with Crippen molar-refractivity contribution in [3.63, 3.8) is 0 Å². The largest absolute Gasteiger partial charge is 0.493 e. The summed E-state index contributed by atoms with van der Waals surface area (Å²) >= 11 is 0. The molecule has 14 heteroatoms. The van der Waals surface area contributed by atoms with Crippen LogP contribution in [0.15, 0.2) is 24.0 Å². The number of hydrogen-bond donors (Lipinski definition) is 2. The Hall–Kier alpha value is -4.17. The highest BCUT2D eigenvalue weighted by atomic mass is 16.6. The average Bonchev–Trinajstić information content (AvgIpc) is 3.29. The van der Waals surface area contributed by atoms with Gasteiger partial charge in [-0.05, 0) is 51.1 Å². The third kappa shape index (κ3) is 4.68. The van der Waals surface area contributed by atoms with Crippen molar-refractivity contribution in [2.75, 3.05) is 20.7 Å². The quantitative estimate of drug-likeness (QED) is 0.292. The molecule has 43 heavy (non-hydrogen) atoms. The molecule has 7 atom stereocenters. The fraction of sp³-hybridized carbons (Fsp3) is 0.552. The molecular formula is C29H33NO13. The van der Waals surface area contributed by atoms with Crippen molar-refractivity contribution in [3.8, 4) is 11.5 Å². The van der Waals surface area contributed by atoms with Crippen LogP contribution in [0, 0.1) is 0 Å². The number of benzene rings is 1. The highest BCUT2D eigenvalue weighted by Gasteiger charge is 2.72. The summed E-state index contributed by atoms with van der Waals surface area (Å²) in [6.45, 7) is 3.56. The van der Waals surface area contributed by atoms with Crippen LogP contribution in [-0.2, 0) is 54.8 Å². The number of rotatable bonds is 9. The number of carboxylic acids is 1. The van der Waals surface area contributed by atoms with Gasteiger partial charge in [0.25, 0.3) is 0 Å². The number of methoxy groups -OCH3 is 1. The van der Waals surface area contributed by atoms with E-state index in [9.17, 15) is 29.1 Å². The molecule has 2 bridgehead atoms. The van der Waals surface area contributed by atoms with Gasteiger partial charge in [-0.15, -0.1) is 0 Å². The number of ether oxygens (including phenoxy) is 6. The molecule has 1 aromatic carbocycles. The second-order valence-corrected chi connectivity index (χ2v) is 11.2. The maximum Gasteiger partial charge on any atom is 0.357 e. The minimum atomic E-state index is -2.18. The molecule has 232 valence electrons. The molecule has 2 heterocycles. The Bertz CT molecular complexity index is 1420. The van der Waals surface area contributed by atoms with Gasteiger partial charge >= 0.3 is 29.8 Å². The van der Waals surface area contributed by atoms with Gasteiger partial charge in [0.15, 0.2) is 23.7 Å². The topological polar surface area (TPSA) is 184 Å². The minimum absolute atomic E-state index is 0.00456. The summed E-state index contributed by atoms with van der Waals surface area (Å²) in [5, 5.41) is 21.5. The number of esters is 4. The van der Waals surface area contributed by atoms with E-state index in [-0.39, 0.29) is 18.2 Å². The van der Waals surface area contributed by atoms with Crippen molar-refractivity contribution in [2.45, 2.75) is 81.5 Å². The molecule has 2 unspecified atom stereocenters. The molecular weight excluding hydrogens is 570 g/mol. The Kier molecular flexibility index (Phi) is 7.63. The van der Waals surface area contributed by atoms with E-state index in [0.717, 1.165) is 31.9 Å². The van der Waals surface area contributed by atoms with Gasteiger partial charge in [0.2, 0.25) is 12.2 Å². The maximum absolute atomic E-state index is 13.6. The number of carboxylic acid groups (broad SMARTS) is 1. The van der Waals surface area contributed by atoms with Gasteiger partial charge in [-0.1, -0.05) is 6.07 Å². The van der Waals surface area contributed by atoms with Crippen LogP contribution in [0.3, 0.4) is 0 Å². The first kappa shape index (κ1) is 30.3. The van der Waals surface area contributed by atoms with Crippen LogP contribution in [0.25, 0.3) is 0 Å². The van der Waals surface area contributed by atoms with Crippen LogP contribution in [0.1, 0.15) is 44.7 Å². The first-order valence-corrected chi connectivity index (χ1v) is 13.7. The van der Waals surface area contributed by atoms with Crippen LogP contribution < -0.4 is 9.47 Å². The third-order valence-corrected chi connectivity index (χ3v) is 8.74. The molecule has 14 nitrogen and oxygen atoms in total. The van der Waals surface area contributed by atoms with E-state index in [1.807, 2.05) is 13.1 Å². The predicted octanol–water partition coefficient (Wildman–Crippen LogP) is 0.396. The van der Waals surface area contributed by atoms with Crippen molar-refractivity contribution in [1.82, 2.24) is 4.90 Å². The molecule has 2 N–H and O–H groups in total. The lowest BCUT2D eigenvalue weighted by molar-refractivity contribution is -0.194. The molecule has 2 aliphatic heterocycles. The second kappa shape index (κ2) is 10.8. The van der Waals surface area contributed by atoms with Crippen LogP contribution in [-0.4, -0.2) is 102 Å². The molecule has 1 saturated heterocycles. The summed E-state index contributed by atoms with van der Waals surface area (Å²) in [5.74, 6) is -5.44. The Balaban J connectivity index is 1.52. The number of aliphatic hydroxyl groups is 1. The molecule has 1 aromatic rings. The van der Waals surface area contributed by atoms with E-state index in [2.05, 4.69) is 4.90 Å². The van der Waals surface area contributed by atoms with Gasteiger partial charge in [0.05, 0.1) is 18.1 Å². The van der Waals surface area contributed by atoms with Gasteiger partial charge in [0.1, 0.15) is 5.76 Å². The van der Waals surface area contributed by atoms with Crippen LogP contribution in [0.2, 0.25) is 0 Å². The maximum atomic E-state index is 13.6. The summed E-state index contributed by atoms with van der Waals surface area (Å²) in [6.07, 6.45) is -4.37. The van der Waals surface area contributed by atoms with Crippen LogP contribution in [0.5, 0.6) is 11.5 Å². The van der Waals surface area contributed by atoms with Crippen molar-refractivity contribution in [3.05, 3.63) is 35.1 Å². The molecule has 0 amide bonds. The summed E-state index contributed by atoms with van der Waals surface area (Å²) in [4.78, 5) is 63.7. The van der Waals surface area contributed by atoms with Crippen molar-refractivity contribution in [2.24, 2.45) is 0 Å². The van der Waals surface area contributed by atoms with Gasteiger partial charge in [0, 0.05) is 31.9 Å². The van der Waals surface area contributed by atoms with E-state index in [4.69, 9.17) is 33.5 Å². The average molecular weight is 604 g/mol. The normalized spacial score (nSPS) is 28.6. The SMILES string of the molecule is COc1ccc2c3c1OC1C(OC(=O)[C@@H](OC(C)=O)[C@H](OC(C)=O)C(=O)O[C@@H](C)C(=O)O)=CC[C@@]4(O)[C@@H](C2)N(C)CCC314. The van der Waals surface area contributed by atoms with Gasteiger partial charge in [-0.25, -0.2) is 14.4 Å². The summed E-state index contributed by atoms with van der Waals surface area (Å²) < 4.78 is 32.6. The zero-order chi connectivity index (χ0) is 31.4. The van der Waals surface area contributed by atoms with Gasteiger partial charge in [-0.2, -0.15) is 0 Å². The van der Waals surface area contributed by atoms with Gasteiger partial charge < -0.3 is 43.5 Å². The number of carbonyl (C=O) groups is 5. The molecule has 0 saturated carbocycles. The lowest BCUT2D eigenvalue weighted by Gasteiger charge is -2.61. The lowest BCUT2D eigenvalue weighted by Crippen LogP contribution is -2.74. The molecule has 0 radical (unpaired) electrons. The number of hydrogen-bond acceptors (Lipinski definition) is 13. The van der Waals surface area contributed by atoms with E-state index < -0.39 is 65.3 Å². The highest BCUT2D eigenvalue weighted by Crippen LogP contribution is 2.65. The number of carbonyl (C=O) groups excluding carboxylic acids is 4. The highest BCUT2D eigenvalue weighted by molar-refractivity contribution is 5.90. The smallest absolute Gasteiger partial charge is 0.357 e.